The lowest BCUT2D eigenvalue weighted by atomic mass is 10.0. The van der Waals surface area contributed by atoms with Crippen LogP contribution in [0, 0.1) is 0 Å². The fourth-order valence-corrected chi connectivity index (χ4v) is 3.02. The number of ether oxygens (including phenoxy) is 2. The summed E-state index contributed by atoms with van der Waals surface area (Å²) in [5, 5.41) is 2.82. The van der Waals surface area contributed by atoms with Crippen molar-refractivity contribution in [1.82, 2.24) is 0 Å². The van der Waals surface area contributed by atoms with Crippen molar-refractivity contribution in [2.24, 2.45) is 0 Å². The number of anilines is 1. The second kappa shape index (κ2) is 4.90. The molecule has 0 aliphatic carbocycles. The summed E-state index contributed by atoms with van der Waals surface area (Å²) in [5.41, 5.74) is 1.85. The van der Waals surface area contributed by atoms with E-state index >= 15 is 0 Å². The van der Waals surface area contributed by atoms with E-state index in [4.69, 9.17) is 9.47 Å². The zero-order chi connectivity index (χ0) is 12.5. The molecule has 0 spiro atoms. The number of carbonyl (C=O) groups is 1. The average Bonchev–Trinajstić information content (AvgIpc) is 2.90. The second-order valence-corrected chi connectivity index (χ2v) is 5.53. The number of hydrogen-bond donors (Lipinski definition) is 1. The van der Waals surface area contributed by atoms with Gasteiger partial charge in [-0.3, -0.25) is 4.79 Å². The molecule has 2 atom stereocenters. The van der Waals surface area contributed by atoms with Crippen LogP contribution < -0.4 is 10.1 Å². The summed E-state index contributed by atoms with van der Waals surface area (Å²) in [6.07, 6.45) is 2.39. The second-order valence-electron chi connectivity index (χ2n) is 4.55. The van der Waals surface area contributed by atoms with Gasteiger partial charge in [0, 0.05) is 6.61 Å². The molecule has 1 fully saturated rings. The van der Waals surface area contributed by atoms with Gasteiger partial charge in [0.25, 0.3) is 5.91 Å². The van der Waals surface area contributed by atoms with Crippen molar-refractivity contribution in [3.05, 3.63) is 23.8 Å². The number of halogens is 1. The number of alkyl halides is 1. The summed E-state index contributed by atoms with van der Waals surface area (Å²) in [6, 6.07) is 5.86. The fraction of sp³-hybridized carbons (Fsp3) is 0.462. The monoisotopic (exact) mass is 311 g/mol. The van der Waals surface area contributed by atoms with Gasteiger partial charge in [-0.2, -0.15) is 0 Å². The molecular formula is C13H14BrNO3. The number of benzene rings is 1. The standard InChI is InChI=1S/C13H14BrNO3/c14-13(11-2-1-5-17-11)8-3-4-10-9(6-8)15-12(16)7-18-10/h3-4,6,11,13H,1-2,5,7H2,(H,15,16). The van der Waals surface area contributed by atoms with Gasteiger partial charge in [-0.05, 0) is 30.5 Å². The minimum Gasteiger partial charge on any atom is -0.482 e. The van der Waals surface area contributed by atoms with Gasteiger partial charge in [-0.1, -0.05) is 22.0 Å². The van der Waals surface area contributed by atoms with E-state index in [9.17, 15) is 4.79 Å². The summed E-state index contributed by atoms with van der Waals surface area (Å²) in [6.45, 7) is 0.924. The van der Waals surface area contributed by atoms with Gasteiger partial charge in [-0.25, -0.2) is 0 Å². The van der Waals surface area contributed by atoms with Gasteiger partial charge in [-0.15, -0.1) is 0 Å². The van der Waals surface area contributed by atoms with Crippen LogP contribution in [0.5, 0.6) is 5.75 Å². The molecule has 3 rings (SSSR count). The maximum Gasteiger partial charge on any atom is 0.262 e. The third-order valence-electron chi connectivity index (χ3n) is 3.25. The molecule has 96 valence electrons. The summed E-state index contributed by atoms with van der Waals surface area (Å²) >= 11 is 3.68. The predicted octanol–water partition coefficient (Wildman–Crippen LogP) is 2.63. The maximum atomic E-state index is 11.3. The Hall–Kier alpha value is -1.07. The highest BCUT2D eigenvalue weighted by atomic mass is 79.9. The molecule has 2 heterocycles. The van der Waals surface area contributed by atoms with Crippen molar-refractivity contribution in [3.8, 4) is 5.75 Å². The summed E-state index contributed by atoms with van der Waals surface area (Å²) in [7, 11) is 0. The highest BCUT2D eigenvalue weighted by Crippen LogP contribution is 2.38. The van der Waals surface area contributed by atoms with Crippen LogP contribution in [0.4, 0.5) is 5.69 Å². The van der Waals surface area contributed by atoms with Crippen molar-refractivity contribution < 1.29 is 14.3 Å². The van der Waals surface area contributed by atoms with Crippen molar-refractivity contribution in [2.75, 3.05) is 18.5 Å². The lowest BCUT2D eigenvalue weighted by molar-refractivity contribution is -0.118. The van der Waals surface area contributed by atoms with E-state index in [0.717, 1.165) is 36.4 Å². The van der Waals surface area contributed by atoms with Crippen LogP contribution in [-0.4, -0.2) is 25.2 Å². The molecule has 4 nitrogen and oxygen atoms in total. The first kappa shape index (κ1) is 12.0. The van der Waals surface area contributed by atoms with Gasteiger partial charge < -0.3 is 14.8 Å². The van der Waals surface area contributed by atoms with Crippen LogP contribution in [0.1, 0.15) is 23.2 Å². The Labute approximate surface area is 114 Å². The van der Waals surface area contributed by atoms with Gasteiger partial charge in [0.05, 0.1) is 16.6 Å². The first-order valence-corrected chi connectivity index (χ1v) is 6.98. The van der Waals surface area contributed by atoms with Gasteiger partial charge >= 0.3 is 0 Å². The molecule has 1 N–H and O–H groups in total. The van der Waals surface area contributed by atoms with E-state index in [0.29, 0.717) is 0 Å². The Kier molecular flexibility index (Phi) is 3.26. The smallest absolute Gasteiger partial charge is 0.262 e. The van der Waals surface area contributed by atoms with Crippen LogP contribution in [0.15, 0.2) is 18.2 Å². The number of fused-ring (bicyclic) bond motifs is 1. The quantitative estimate of drug-likeness (QED) is 0.854. The number of nitrogens with one attached hydrogen (secondary N) is 1. The Morgan fingerprint density at radius 3 is 3.11 bits per heavy atom. The minimum atomic E-state index is -0.108. The zero-order valence-corrected chi connectivity index (χ0v) is 11.4. The summed E-state index contributed by atoms with van der Waals surface area (Å²) in [5.74, 6) is 0.619. The molecule has 0 radical (unpaired) electrons. The molecule has 5 heteroatoms. The van der Waals surface area contributed by atoms with Gasteiger partial charge in [0.2, 0.25) is 0 Å². The molecule has 2 aliphatic rings. The molecule has 2 unspecified atom stereocenters. The average molecular weight is 312 g/mol. The first-order valence-electron chi connectivity index (χ1n) is 6.06. The van der Waals surface area contributed by atoms with Crippen LogP contribution in [0.2, 0.25) is 0 Å². The first-order chi connectivity index (χ1) is 8.74. The van der Waals surface area contributed by atoms with E-state index in [-0.39, 0.29) is 23.4 Å². The van der Waals surface area contributed by atoms with E-state index < -0.39 is 0 Å². The Bertz CT molecular complexity index is 471. The molecule has 1 saturated heterocycles. The maximum absolute atomic E-state index is 11.3. The Morgan fingerprint density at radius 2 is 2.33 bits per heavy atom. The van der Waals surface area contributed by atoms with E-state index in [1.807, 2.05) is 18.2 Å². The highest BCUT2D eigenvalue weighted by Gasteiger charge is 2.26. The summed E-state index contributed by atoms with van der Waals surface area (Å²) < 4.78 is 11.0. The number of carbonyl (C=O) groups excluding carboxylic acids is 1. The molecule has 0 saturated carbocycles. The SMILES string of the molecule is O=C1COc2ccc(C(Br)C3CCCO3)cc2N1. The van der Waals surface area contributed by atoms with E-state index in [1.165, 1.54) is 0 Å². The number of amides is 1. The molecule has 18 heavy (non-hydrogen) atoms. The largest absolute Gasteiger partial charge is 0.482 e. The predicted molar refractivity (Wildman–Crippen MR) is 71.2 cm³/mol. The van der Waals surface area contributed by atoms with E-state index in [1.54, 1.807) is 0 Å². The van der Waals surface area contributed by atoms with Crippen LogP contribution in [-0.2, 0) is 9.53 Å². The molecule has 0 aromatic heterocycles. The van der Waals surface area contributed by atoms with E-state index in [2.05, 4.69) is 21.2 Å². The Balaban J connectivity index is 1.84. The molecule has 1 amide bonds. The molecule has 1 aromatic rings. The van der Waals surface area contributed by atoms with Crippen LogP contribution >= 0.6 is 15.9 Å². The highest BCUT2D eigenvalue weighted by molar-refractivity contribution is 9.09. The lowest BCUT2D eigenvalue weighted by Gasteiger charge is -2.22. The molecule has 0 bridgehead atoms. The third-order valence-corrected chi connectivity index (χ3v) is 4.36. The minimum absolute atomic E-state index is 0.0931. The van der Waals surface area contributed by atoms with Gasteiger partial charge in [0.1, 0.15) is 5.75 Å². The lowest BCUT2D eigenvalue weighted by Crippen LogP contribution is -2.25. The zero-order valence-electron chi connectivity index (χ0n) is 9.82. The molecule has 1 aromatic carbocycles. The normalized spacial score (nSPS) is 24.1. The van der Waals surface area contributed by atoms with Crippen molar-refractivity contribution >= 4 is 27.5 Å². The van der Waals surface area contributed by atoms with Crippen molar-refractivity contribution in [2.45, 2.75) is 23.8 Å². The number of hydrogen-bond acceptors (Lipinski definition) is 3. The Morgan fingerprint density at radius 1 is 1.44 bits per heavy atom. The molecule has 2 aliphatic heterocycles. The third kappa shape index (κ3) is 2.24. The van der Waals surface area contributed by atoms with Crippen molar-refractivity contribution in [3.63, 3.8) is 0 Å². The topological polar surface area (TPSA) is 47.6 Å². The van der Waals surface area contributed by atoms with Crippen LogP contribution in [0.25, 0.3) is 0 Å². The van der Waals surface area contributed by atoms with Crippen molar-refractivity contribution in [1.29, 1.82) is 0 Å². The van der Waals surface area contributed by atoms with Crippen LogP contribution in [0.3, 0.4) is 0 Å². The molecular weight excluding hydrogens is 298 g/mol. The summed E-state index contributed by atoms with van der Waals surface area (Å²) in [4.78, 5) is 11.4. The number of rotatable bonds is 2. The fourth-order valence-electron chi connectivity index (χ4n) is 2.32. The van der Waals surface area contributed by atoms with Gasteiger partial charge in [0.15, 0.2) is 6.61 Å².